The van der Waals surface area contributed by atoms with Crippen LogP contribution in [0.4, 0.5) is 0 Å². The van der Waals surface area contributed by atoms with Crippen LogP contribution >= 0.6 is 0 Å². The summed E-state index contributed by atoms with van der Waals surface area (Å²) in [7, 11) is 0. The van der Waals surface area contributed by atoms with Crippen molar-refractivity contribution in [2.24, 2.45) is 20.8 Å². The second-order valence-electron chi connectivity index (χ2n) is 13.4. The van der Waals surface area contributed by atoms with Gasteiger partial charge in [0.15, 0.2) is 11.6 Å². The first kappa shape index (κ1) is 29.9. The molecule has 3 fully saturated rings. The number of rotatable bonds is 4. The smallest absolute Gasteiger partial charge is 0.277 e. The average molecular weight is 569 g/mol. The number of nitrogens with zero attached hydrogens (tertiary/aromatic N) is 4. The quantitative estimate of drug-likeness (QED) is 0.531. The molecule has 0 N–H and O–H groups in total. The molecule has 2 aromatic carbocycles. The number of amides is 2. The van der Waals surface area contributed by atoms with Gasteiger partial charge in [-0.25, -0.2) is 9.98 Å². The lowest BCUT2D eigenvalue weighted by molar-refractivity contribution is -0.118. The van der Waals surface area contributed by atoms with Gasteiger partial charge in [-0.1, -0.05) is 64.1 Å². The molecule has 8 heteroatoms. The Bertz CT molecular complexity index is 1310. The Morgan fingerprint density at radius 2 is 0.952 bits per heavy atom. The molecule has 2 aromatic rings. The minimum absolute atomic E-state index is 0.0727. The summed E-state index contributed by atoms with van der Waals surface area (Å²) in [6, 6.07) is 17.2. The van der Waals surface area contributed by atoms with E-state index in [0.29, 0.717) is 61.6 Å². The summed E-state index contributed by atoms with van der Waals surface area (Å²) in [4.78, 5) is 65.9. The van der Waals surface area contributed by atoms with E-state index in [1.807, 2.05) is 12.1 Å². The van der Waals surface area contributed by atoms with Gasteiger partial charge < -0.3 is 0 Å². The van der Waals surface area contributed by atoms with Crippen LogP contribution in [0.5, 0.6) is 0 Å². The average Bonchev–Trinajstić information content (AvgIpc) is 2.96. The van der Waals surface area contributed by atoms with Crippen molar-refractivity contribution in [3.05, 3.63) is 71.8 Å². The first-order valence-corrected chi connectivity index (χ1v) is 14.8. The van der Waals surface area contributed by atoms with Crippen molar-refractivity contribution in [2.75, 3.05) is 26.2 Å². The summed E-state index contributed by atoms with van der Waals surface area (Å²) < 4.78 is 0. The van der Waals surface area contributed by atoms with Gasteiger partial charge >= 0.3 is 0 Å². The number of hydrogen-bond donors (Lipinski definition) is 0. The highest BCUT2D eigenvalue weighted by Gasteiger charge is 2.45. The predicted molar refractivity (Wildman–Crippen MR) is 163 cm³/mol. The lowest BCUT2D eigenvalue weighted by Gasteiger charge is -2.47. The van der Waals surface area contributed by atoms with Crippen LogP contribution in [0.15, 0.2) is 70.6 Å². The molecule has 1 heterocycles. The number of piperazine rings is 1. The van der Waals surface area contributed by atoms with E-state index < -0.39 is 11.8 Å². The van der Waals surface area contributed by atoms with Crippen molar-refractivity contribution >= 4 is 34.8 Å². The number of benzene rings is 2. The van der Waals surface area contributed by atoms with Crippen LogP contribution in [0, 0.1) is 10.8 Å². The molecule has 3 aliphatic rings. The van der Waals surface area contributed by atoms with Crippen LogP contribution in [0.1, 0.15) is 74.1 Å². The molecule has 1 saturated heterocycles. The molecule has 2 atom stereocenters. The molecule has 0 bridgehead atoms. The van der Waals surface area contributed by atoms with Gasteiger partial charge in [0.2, 0.25) is 0 Å². The Hall–Kier alpha value is -3.62. The summed E-state index contributed by atoms with van der Waals surface area (Å²) in [5.41, 5.74) is 1.22. The topological polar surface area (TPSA) is 99.5 Å². The Morgan fingerprint density at radius 1 is 0.619 bits per heavy atom. The largest absolute Gasteiger partial charge is 0.293 e. The molecule has 5 rings (SSSR count). The number of carbonyl (C=O) groups excluding carboxylic acids is 4. The van der Waals surface area contributed by atoms with E-state index in [9.17, 15) is 19.2 Å². The Morgan fingerprint density at radius 3 is 1.29 bits per heavy atom. The SMILES string of the molecule is CC1(C)CC(=O)C(=NC(=O)c2ccccc2)C(N2CCN(C3CC(C)(C)CC(=O)C3=NC(=O)c3ccccc3)CC2)C1. The number of Topliss-reactive ketones (excluding diaryl/α,β-unsaturated/α-hetero) is 2. The summed E-state index contributed by atoms with van der Waals surface area (Å²) in [5, 5.41) is 0. The molecule has 220 valence electrons. The number of ketones is 2. The zero-order valence-corrected chi connectivity index (χ0v) is 25.0. The van der Waals surface area contributed by atoms with Gasteiger partial charge in [-0.2, -0.15) is 0 Å². The van der Waals surface area contributed by atoms with Gasteiger partial charge in [0.25, 0.3) is 11.8 Å². The Kier molecular flexibility index (Phi) is 8.49. The molecule has 2 amide bonds. The lowest BCUT2D eigenvalue weighted by Crippen LogP contribution is -2.61. The fourth-order valence-electron chi connectivity index (χ4n) is 6.55. The van der Waals surface area contributed by atoms with E-state index in [2.05, 4.69) is 47.5 Å². The lowest BCUT2D eigenvalue weighted by atomic mass is 9.72. The molecule has 8 nitrogen and oxygen atoms in total. The van der Waals surface area contributed by atoms with Crippen LogP contribution in [0.2, 0.25) is 0 Å². The van der Waals surface area contributed by atoms with Gasteiger partial charge in [-0.15, -0.1) is 0 Å². The highest BCUT2D eigenvalue weighted by Crippen LogP contribution is 2.37. The molecule has 1 aliphatic heterocycles. The molecular weight excluding hydrogens is 528 g/mol. The number of carbonyl (C=O) groups is 4. The summed E-state index contributed by atoms with van der Waals surface area (Å²) in [6.45, 7) is 11.0. The van der Waals surface area contributed by atoms with Gasteiger partial charge in [-0.05, 0) is 47.9 Å². The molecular formula is C34H40N4O4. The first-order chi connectivity index (χ1) is 19.9. The van der Waals surface area contributed by atoms with Crippen molar-refractivity contribution in [2.45, 2.75) is 65.5 Å². The fourth-order valence-corrected chi connectivity index (χ4v) is 6.55. The number of aliphatic imine (C=N–C) groups is 2. The predicted octanol–water partition coefficient (Wildman–Crippen LogP) is 4.68. The van der Waals surface area contributed by atoms with Crippen LogP contribution in [-0.4, -0.2) is 82.9 Å². The minimum atomic E-state index is -0.394. The first-order valence-electron chi connectivity index (χ1n) is 14.8. The maximum Gasteiger partial charge on any atom is 0.277 e. The molecule has 0 spiro atoms. The highest BCUT2D eigenvalue weighted by molar-refractivity contribution is 6.45. The monoisotopic (exact) mass is 568 g/mol. The van der Waals surface area contributed by atoms with E-state index in [-0.39, 0.29) is 34.5 Å². The van der Waals surface area contributed by atoms with Crippen molar-refractivity contribution in [1.82, 2.24) is 9.80 Å². The second kappa shape index (κ2) is 11.9. The van der Waals surface area contributed by atoms with Crippen LogP contribution in [0.25, 0.3) is 0 Å². The van der Waals surface area contributed by atoms with Crippen LogP contribution in [0.3, 0.4) is 0 Å². The van der Waals surface area contributed by atoms with E-state index in [4.69, 9.17) is 0 Å². The normalized spacial score (nSPS) is 26.9. The van der Waals surface area contributed by atoms with Crippen molar-refractivity contribution in [1.29, 1.82) is 0 Å². The van der Waals surface area contributed by atoms with Gasteiger partial charge in [0.05, 0.1) is 12.1 Å². The maximum absolute atomic E-state index is 13.3. The van der Waals surface area contributed by atoms with Crippen molar-refractivity contribution in [3.63, 3.8) is 0 Å². The maximum atomic E-state index is 13.3. The van der Waals surface area contributed by atoms with E-state index in [1.54, 1.807) is 48.5 Å². The summed E-state index contributed by atoms with van der Waals surface area (Å²) in [5.74, 6) is -0.934. The Balaban J connectivity index is 1.36. The van der Waals surface area contributed by atoms with E-state index in [1.165, 1.54) is 0 Å². The highest BCUT2D eigenvalue weighted by atomic mass is 16.2. The van der Waals surface area contributed by atoms with Gasteiger partial charge in [0.1, 0.15) is 11.4 Å². The molecule has 42 heavy (non-hydrogen) atoms. The summed E-state index contributed by atoms with van der Waals surface area (Å²) in [6.07, 6.45) is 2.18. The zero-order chi connectivity index (χ0) is 30.1. The fraction of sp³-hybridized carbons (Fsp3) is 0.471. The summed E-state index contributed by atoms with van der Waals surface area (Å²) >= 11 is 0. The third-order valence-corrected chi connectivity index (χ3v) is 8.69. The molecule has 2 unspecified atom stereocenters. The molecule has 0 radical (unpaired) electrons. The zero-order valence-electron chi connectivity index (χ0n) is 25.0. The molecule has 0 aromatic heterocycles. The van der Waals surface area contributed by atoms with Crippen molar-refractivity contribution < 1.29 is 19.2 Å². The van der Waals surface area contributed by atoms with Crippen LogP contribution < -0.4 is 0 Å². The van der Waals surface area contributed by atoms with Crippen LogP contribution in [-0.2, 0) is 9.59 Å². The third-order valence-electron chi connectivity index (χ3n) is 8.69. The van der Waals surface area contributed by atoms with E-state index in [0.717, 1.165) is 12.8 Å². The molecule has 2 aliphatic carbocycles. The number of hydrogen-bond acceptors (Lipinski definition) is 6. The minimum Gasteiger partial charge on any atom is -0.293 e. The third kappa shape index (κ3) is 6.71. The standard InChI is InChI=1S/C34H40N4O4/c1-33(2)19-25(29(27(39)21-33)35-31(41)23-11-7-5-8-12-23)37-15-17-38(18-16-37)26-20-34(3,4)22-28(40)30(26)36-32(42)24-13-9-6-10-14-24/h5-14,25-26H,15-22H2,1-4H3. The van der Waals surface area contributed by atoms with Gasteiger partial charge in [-0.3, -0.25) is 29.0 Å². The van der Waals surface area contributed by atoms with Crippen molar-refractivity contribution in [3.8, 4) is 0 Å². The Labute approximate surface area is 247 Å². The molecule has 2 saturated carbocycles. The second-order valence-corrected chi connectivity index (χ2v) is 13.4. The van der Waals surface area contributed by atoms with Gasteiger partial charge in [0, 0.05) is 50.1 Å². The van der Waals surface area contributed by atoms with E-state index >= 15 is 0 Å².